The molecule has 2 N–H and O–H groups in total. The molecule has 3 rings (SSSR count). The van der Waals surface area contributed by atoms with Crippen molar-refractivity contribution in [3.05, 3.63) is 49.1 Å². The molecule has 0 bridgehead atoms. The van der Waals surface area contributed by atoms with Gasteiger partial charge >= 0.3 is 0 Å². The van der Waals surface area contributed by atoms with Crippen LogP contribution in [-0.2, 0) is 0 Å². The maximum Gasteiger partial charge on any atom is 0.155 e. The molecule has 0 aliphatic carbocycles. The third-order valence-corrected chi connectivity index (χ3v) is 2.47. The van der Waals surface area contributed by atoms with Gasteiger partial charge in [-0.25, -0.2) is 4.98 Å². The minimum Gasteiger partial charge on any atom is -0.399 e. The molecule has 1 aromatic carbocycles. The van der Waals surface area contributed by atoms with E-state index < -0.39 is 0 Å². The van der Waals surface area contributed by atoms with E-state index >= 15 is 0 Å². The Kier molecular flexibility index (Phi) is 1.86. The van der Waals surface area contributed by atoms with Gasteiger partial charge in [0.2, 0.25) is 0 Å². The molecule has 0 atom stereocenters. The fourth-order valence-corrected chi connectivity index (χ4v) is 1.64. The molecule has 0 saturated carbocycles. The van der Waals surface area contributed by atoms with Crippen LogP contribution in [0.3, 0.4) is 0 Å². The van der Waals surface area contributed by atoms with Gasteiger partial charge in [-0.1, -0.05) is 12.1 Å². The van der Waals surface area contributed by atoms with Crippen LogP contribution in [0.15, 0.2) is 49.1 Å². The number of fused-ring (bicyclic) bond motifs is 1. The minimum absolute atomic E-state index is 0.759. The van der Waals surface area contributed by atoms with Gasteiger partial charge in [-0.3, -0.25) is 4.98 Å². The third-order valence-electron chi connectivity index (χ3n) is 2.47. The highest BCUT2D eigenvalue weighted by molar-refractivity contribution is 5.64. The number of rotatable bonds is 1. The van der Waals surface area contributed by atoms with E-state index in [-0.39, 0.29) is 0 Å². The van der Waals surface area contributed by atoms with Crippen LogP contribution in [0.4, 0.5) is 5.69 Å². The van der Waals surface area contributed by atoms with Gasteiger partial charge in [0.05, 0.1) is 11.9 Å². The van der Waals surface area contributed by atoms with Gasteiger partial charge in [0, 0.05) is 29.8 Å². The van der Waals surface area contributed by atoms with E-state index in [2.05, 4.69) is 9.97 Å². The summed E-state index contributed by atoms with van der Waals surface area (Å²) in [6, 6.07) is 7.67. The molecule has 4 heteroatoms. The van der Waals surface area contributed by atoms with E-state index in [1.165, 1.54) is 0 Å². The molecular formula is C12H10N4. The fraction of sp³-hybridized carbons (Fsp3) is 0. The zero-order valence-corrected chi connectivity index (χ0v) is 8.54. The summed E-state index contributed by atoms with van der Waals surface area (Å²) in [5.74, 6) is 0. The molecule has 78 valence electrons. The lowest BCUT2D eigenvalue weighted by Gasteiger charge is -1.96. The summed E-state index contributed by atoms with van der Waals surface area (Å²) in [6.45, 7) is 0. The Balaban J connectivity index is 2.15. The number of aromatic nitrogens is 3. The molecule has 0 fully saturated rings. The molecule has 0 aliphatic heterocycles. The summed E-state index contributed by atoms with van der Waals surface area (Å²) >= 11 is 0. The standard InChI is InChI=1S/C12H10N4/c13-10-3-1-9(2-4-10)11-8-16-6-5-14-7-12(16)15-11/h1-8H,13H2. The second kappa shape index (κ2) is 3.34. The van der Waals surface area contributed by atoms with Crippen LogP contribution in [0.5, 0.6) is 0 Å². The predicted octanol–water partition coefficient (Wildman–Crippen LogP) is 1.98. The Hall–Kier alpha value is -2.36. The molecule has 0 spiro atoms. The molecule has 3 aromatic rings. The van der Waals surface area contributed by atoms with Crippen molar-refractivity contribution in [3.8, 4) is 11.3 Å². The normalized spacial score (nSPS) is 10.8. The van der Waals surface area contributed by atoms with E-state index in [4.69, 9.17) is 5.73 Å². The van der Waals surface area contributed by atoms with Crippen molar-refractivity contribution in [2.24, 2.45) is 0 Å². The lowest BCUT2D eigenvalue weighted by Crippen LogP contribution is -1.83. The lowest BCUT2D eigenvalue weighted by molar-refractivity contribution is 1.13. The molecule has 4 nitrogen and oxygen atoms in total. The number of nitrogens with zero attached hydrogens (tertiary/aromatic N) is 3. The second-order valence-corrected chi connectivity index (χ2v) is 3.59. The van der Waals surface area contributed by atoms with Crippen LogP contribution < -0.4 is 5.73 Å². The predicted molar refractivity (Wildman–Crippen MR) is 62.8 cm³/mol. The Bertz CT molecular complexity index is 592. The van der Waals surface area contributed by atoms with Gasteiger partial charge in [0.25, 0.3) is 0 Å². The number of hydrogen-bond donors (Lipinski definition) is 1. The van der Waals surface area contributed by atoms with Gasteiger partial charge in [-0.2, -0.15) is 0 Å². The molecule has 2 heterocycles. The lowest BCUT2D eigenvalue weighted by atomic mass is 10.1. The Morgan fingerprint density at radius 3 is 2.69 bits per heavy atom. The first kappa shape index (κ1) is 8.91. The minimum atomic E-state index is 0.759. The average Bonchev–Trinajstić information content (AvgIpc) is 2.73. The first-order valence-corrected chi connectivity index (χ1v) is 4.97. The van der Waals surface area contributed by atoms with Crippen molar-refractivity contribution in [1.82, 2.24) is 14.4 Å². The Morgan fingerprint density at radius 1 is 1.12 bits per heavy atom. The van der Waals surface area contributed by atoms with E-state index in [0.29, 0.717) is 0 Å². The summed E-state index contributed by atoms with van der Waals surface area (Å²) < 4.78 is 1.94. The molecule has 0 unspecified atom stereocenters. The quantitative estimate of drug-likeness (QED) is 0.625. The van der Waals surface area contributed by atoms with Crippen LogP contribution in [0.25, 0.3) is 16.9 Å². The molecule has 0 radical (unpaired) electrons. The summed E-state index contributed by atoms with van der Waals surface area (Å²) in [7, 11) is 0. The summed E-state index contributed by atoms with van der Waals surface area (Å²) in [5, 5.41) is 0. The zero-order chi connectivity index (χ0) is 11.0. The summed E-state index contributed by atoms with van der Waals surface area (Å²) in [6.07, 6.45) is 7.33. The van der Waals surface area contributed by atoms with Crippen molar-refractivity contribution in [1.29, 1.82) is 0 Å². The van der Waals surface area contributed by atoms with Gasteiger partial charge in [-0.05, 0) is 12.1 Å². The first-order chi connectivity index (χ1) is 7.83. The number of hydrogen-bond acceptors (Lipinski definition) is 3. The maximum atomic E-state index is 5.64. The van der Waals surface area contributed by atoms with Crippen LogP contribution >= 0.6 is 0 Å². The number of anilines is 1. The average molecular weight is 210 g/mol. The number of nitrogens with two attached hydrogens (primary N) is 1. The van der Waals surface area contributed by atoms with Crippen LogP contribution in [0, 0.1) is 0 Å². The smallest absolute Gasteiger partial charge is 0.155 e. The number of imidazole rings is 1. The van der Waals surface area contributed by atoms with E-state index in [1.54, 1.807) is 12.4 Å². The molecule has 0 aliphatic rings. The number of nitrogen functional groups attached to an aromatic ring is 1. The fourth-order valence-electron chi connectivity index (χ4n) is 1.64. The van der Waals surface area contributed by atoms with E-state index in [0.717, 1.165) is 22.6 Å². The van der Waals surface area contributed by atoms with Gasteiger partial charge in [-0.15, -0.1) is 0 Å². The van der Waals surface area contributed by atoms with Crippen LogP contribution in [-0.4, -0.2) is 14.4 Å². The summed E-state index contributed by atoms with van der Waals surface area (Å²) in [4.78, 5) is 8.50. The van der Waals surface area contributed by atoms with Crippen molar-refractivity contribution in [3.63, 3.8) is 0 Å². The van der Waals surface area contributed by atoms with Gasteiger partial charge < -0.3 is 10.1 Å². The highest BCUT2D eigenvalue weighted by Gasteiger charge is 2.03. The molecule has 0 saturated heterocycles. The second-order valence-electron chi connectivity index (χ2n) is 3.59. The van der Waals surface area contributed by atoms with Crippen molar-refractivity contribution in [2.75, 3.05) is 5.73 Å². The van der Waals surface area contributed by atoms with Crippen LogP contribution in [0.2, 0.25) is 0 Å². The van der Waals surface area contributed by atoms with E-state index in [9.17, 15) is 0 Å². The molecular weight excluding hydrogens is 200 g/mol. The molecule has 16 heavy (non-hydrogen) atoms. The van der Waals surface area contributed by atoms with Crippen molar-refractivity contribution in [2.45, 2.75) is 0 Å². The zero-order valence-electron chi connectivity index (χ0n) is 8.54. The summed E-state index contributed by atoms with van der Waals surface area (Å²) in [5.41, 5.74) is 9.22. The SMILES string of the molecule is Nc1ccc(-c2cn3ccncc3n2)cc1. The topological polar surface area (TPSA) is 56.2 Å². The first-order valence-electron chi connectivity index (χ1n) is 4.97. The monoisotopic (exact) mass is 210 g/mol. The van der Waals surface area contributed by atoms with Gasteiger partial charge in [0.15, 0.2) is 5.65 Å². The molecule has 2 aromatic heterocycles. The molecule has 0 amide bonds. The Morgan fingerprint density at radius 2 is 1.94 bits per heavy atom. The highest BCUT2D eigenvalue weighted by atomic mass is 15.0. The van der Waals surface area contributed by atoms with E-state index in [1.807, 2.05) is 41.1 Å². The van der Waals surface area contributed by atoms with Gasteiger partial charge in [0.1, 0.15) is 0 Å². The van der Waals surface area contributed by atoms with Crippen molar-refractivity contribution >= 4 is 11.3 Å². The largest absolute Gasteiger partial charge is 0.399 e. The maximum absolute atomic E-state index is 5.64. The number of benzene rings is 1. The third kappa shape index (κ3) is 1.40. The van der Waals surface area contributed by atoms with Crippen molar-refractivity contribution < 1.29 is 0 Å². The Labute approximate surface area is 92.4 Å². The highest BCUT2D eigenvalue weighted by Crippen LogP contribution is 2.19. The van der Waals surface area contributed by atoms with Crippen LogP contribution in [0.1, 0.15) is 0 Å².